The summed E-state index contributed by atoms with van der Waals surface area (Å²) in [5.41, 5.74) is 1.21. The number of ether oxygens (including phenoxy) is 1. The van der Waals surface area contributed by atoms with Crippen LogP contribution in [-0.2, 0) is 4.79 Å². The van der Waals surface area contributed by atoms with E-state index in [9.17, 15) is 14.0 Å². The van der Waals surface area contributed by atoms with Gasteiger partial charge in [0, 0.05) is 23.7 Å². The Hall–Kier alpha value is -2.89. The van der Waals surface area contributed by atoms with E-state index in [0.29, 0.717) is 30.8 Å². The lowest BCUT2D eigenvalue weighted by atomic mass is 10.2. The maximum Gasteiger partial charge on any atom is 0.251 e. The number of halogens is 1. The van der Waals surface area contributed by atoms with E-state index >= 15 is 0 Å². The maximum absolute atomic E-state index is 13.4. The van der Waals surface area contributed by atoms with E-state index in [1.54, 1.807) is 42.5 Å². The minimum absolute atomic E-state index is 0.0389. The van der Waals surface area contributed by atoms with Gasteiger partial charge in [-0.2, -0.15) is 0 Å². The molecule has 6 heteroatoms. The fourth-order valence-corrected chi connectivity index (χ4v) is 2.41. The van der Waals surface area contributed by atoms with Gasteiger partial charge in [-0.25, -0.2) is 4.39 Å². The molecule has 0 spiro atoms. The quantitative estimate of drug-likeness (QED) is 0.713. The predicted molar refractivity (Wildman–Crippen MR) is 96.6 cm³/mol. The third-order valence-electron chi connectivity index (χ3n) is 4.06. The van der Waals surface area contributed by atoms with Crippen LogP contribution < -0.4 is 15.4 Å². The summed E-state index contributed by atoms with van der Waals surface area (Å²) in [6.07, 6.45) is 2.47. The molecule has 0 radical (unpaired) electrons. The molecule has 26 heavy (non-hydrogen) atoms. The second-order valence-electron chi connectivity index (χ2n) is 6.23. The second-order valence-corrected chi connectivity index (χ2v) is 6.23. The van der Waals surface area contributed by atoms with Crippen LogP contribution >= 0.6 is 0 Å². The molecule has 1 aliphatic carbocycles. The van der Waals surface area contributed by atoms with Gasteiger partial charge in [0.2, 0.25) is 5.91 Å². The molecule has 0 unspecified atom stereocenters. The number of hydrogen-bond acceptors (Lipinski definition) is 3. The van der Waals surface area contributed by atoms with E-state index in [1.165, 1.54) is 6.07 Å². The number of rotatable bonds is 8. The lowest BCUT2D eigenvalue weighted by molar-refractivity contribution is -0.117. The number of amides is 2. The van der Waals surface area contributed by atoms with Crippen molar-refractivity contribution in [3.8, 4) is 5.75 Å². The molecule has 0 atom stereocenters. The summed E-state index contributed by atoms with van der Waals surface area (Å²) in [6, 6.07) is 13.0. The minimum Gasteiger partial charge on any atom is -0.490 e. The van der Waals surface area contributed by atoms with Crippen LogP contribution in [0.15, 0.2) is 48.5 Å². The topological polar surface area (TPSA) is 67.4 Å². The molecular formula is C20H21FN2O3. The van der Waals surface area contributed by atoms with Crippen molar-refractivity contribution in [2.75, 3.05) is 18.5 Å². The Kier molecular flexibility index (Phi) is 5.84. The van der Waals surface area contributed by atoms with Crippen LogP contribution in [0, 0.1) is 11.7 Å². The highest BCUT2D eigenvalue weighted by atomic mass is 19.1. The number of anilines is 1. The summed E-state index contributed by atoms with van der Waals surface area (Å²) in [6.45, 7) is 0.737. The van der Waals surface area contributed by atoms with Crippen molar-refractivity contribution in [3.05, 3.63) is 59.9 Å². The molecular weight excluding hydrogens is 335 g/mol. The highest BCUT2D eigenvalue weighted by Crippen LogP contribution is 2.30. The lowest BCUT2D eigenvalue weighted by Gasteiger charge is -2.09. The third kappa shape index (κ3) is 5.05. The molecule has 1 saturated carbocycles. The van der Waals surface area contributed by atoms with E-state index < -0.39 is 5.82 Å². The number of hydrogen-bond donors (Lipinski definition) is 2. The number of benzene rings is 2. The number of para-hydroxylation sites is 1. The minimum atomic E-state index is -0.398. The van der Waals surface area contributed by atoms with Gasteiger partial charge in [-0.15, -0.1) is 0 Å². The first-order chi connectivity index (χ1) is 12.6. The molecule has 3 rings (SSSR count). The third-order valence-corrected chi connectivity index (χ3v) is 4.06. The number of nitrogens with one attached hydrogen (secondary N) is 2. The first-order valence-electron chi connectivity index (χ1n) is 8.70. The Morgan fingerprint density at radius 2 is 1.81 bits per heavy atom. The van der Waals surface area contributed by atoms with Crippen LogP contribution in [0.5, 0.6) is 5.75 Å². The van der Waals surface area contributed by atoms with Crippen molar-refractivity contribution < 1.29 is 18.7 Å². The van der Waals surface area contributed by atoms with Gasteiger partial charge in [-0.3, -0.25) is 9.59 Å². The monoisotopic (exact) mass is 356 g/mol. The Morgan fingerprint density at radius 1 is 1.08 bits per heavy atom. The molecule has 1 fully saturated rings. The molecule has 2 aromatic carbocycles. The number of carbonyl (C=O) groups excluding carboxylic acids is 2. The van der Waals surface area contributed by atoms with E-state index in [2.05, 4.69) is 10.6 Å². The zero-order valence-corrected chi connectivity index (χ0v) is 14.3. The highest BCUT2D eigenvalue weighted by molar-refractivity contribution is 5.96. The van der Waals surface area contributed by atoms with E-state index in [0.717, 1.165) is 12.8 Å². The van der Waals surface area contributed by atoms with Crippen molar-refractivity contribution in [2.24, 2.45) is 5.92 Å². The largest absolute Gasteiger partial charge is 0.490 e. The Labute approximate surface area is 151 Å². The van der Waals surface area contributed by atoms with E-state index in [4.69, 9.17) is 4.74 Å². The molecule has 0 aliphatic heterocycles. The normalized spacial score (nSPS) is 13.1. The van der Waals surface area contributed by atoms with Crippen molar-refractivity contribution >= 4 is 17.5 Å². The van der Waals surface area contributed by atoms with E-state index in [-0.39, 0.29) is 23.5 Å². The van der Waals surface area contributed by atoms with Crippen molar-refractivity contribution in [1.82, 2.24) is 5.32 Å². The summed E-state index contributed by atoms with van der Waals surface area (Å²) in [5.74, 6) is -0.203. The fraction of sp³-hybridized carbons (Fsp3) is 0.300. The van der Waals surface area contributed by atoms with Gasteiger partial charge in [0.05, 0.1) is 6.61 Å². The number of carbonyl (C=O) groups is 2. The van der Waals surface area contributed by atoms with Gasteiger partial charge >= 0.3 is 0 Å². The van der Waals surface area contributed by atoms with Gasteiger partial charge in [-0.05, 0) is 55.7 Å². The Morgan fingerprint density at radius 3 is 2.50 bits per heavy atom. The van der Waals surface area contributed by atoms with Crippen LogP contribution in [0.4, 0.5) is 10.1 Å². The Balaban J connectivity index is 1.37. The highest BCUT2D eigenvalue weighted by Gasteiger charge is 2.29. The van der Waals surface area contributed by atoms with Crippen molar-refractivity contribution in [3.63, 3.8) is 0 Å². The molecule has 2 N–H and O–H groups in total. The van der Waals surface area contributed by atoms with Gasteiger partial charge < -0.3 is 15.4 Å². The molecule has 136 valence electrons. The first kappa shape index (κ1) is 17.9. The lowest BCUT2D eigenvalue weighted by Crippen LogP contribution is -2.25. The first-order valence-corrected chi connectivity index (χ1v) is 8.70. The van der Waals surface area contributed by atoms with Crippen LogP contribution in [0.2, 0.25) is 0 Å². The SMILES string of the molecule is O=C(NCCCOc1ccccc1F)c1ccc(NC(=O)C2CC2)cc1. The fourth-order valence-electron chi connectivity index (χ4n) is 2.41. The smallest absolute Gasteiger partial charge is 0.251 e. The Bertz CT molecular complexity index is 773. The molecule has 0 saturated heterocycles. The second kappa shape index (κ2) is 8.47. The van der Waals surface area contributed by atoms with Gasteiger partial charge in [-0.1, -0.05) is 12.1 Å². The van der Waals surface area contributed by atoms with Gasteiger partial charge in [0.1, 0.15) is 0 Å². The van der Waals surface area contributed by atoms with Crippen LogP contribution in [0.1, 0.15) is 29.6 Å². The van der Waals surface area contributed by atoms with Crippen LogP contribution in [-0.4, -0.2) is 25.0 Å². The zero-order chi connectivity index (χ0) is 18.4. The molecule has 0 heterocycles. The summed E-state index contributed by atoms with van der Waals surface area (Å²) < 4.78 is 18.7. The average molecular weight is 356 g/mol. The molecule has 0 aromatic heterocycles. The molecule has 2 aromatic rings. The zero-order valence-electron chi connectivity index (χ0n) is 14.3. The molecule has 5 nitrogen and oxygen atoms in total. The average Bonchev–Trinajstić information content (AvgIpc) is 3.48. The van der Waals surface area contributed by atoms with Crippen molar-refractivity contribution in [1.29, 1.82) is 0 Å². The summed E-state index contributed by atoms with van der Waals surface area (Å²) in [5, 5.41) is 5.62. The predicted octanol–water partition coefficient (Wildman–Crippen LogP) is 3.37. The van der Waals surface area contributed by atoms with Crippen LogP contribution in [0.25, 0.3) is 0 Å². The van der Waals surface area contributed by atoms with Crippen molar-refractivity contribution in [2.45, 2.75) is 19.3 Å². The summed E-state index contributed by atoms with van der Waals surface area (Å²) in [7, 11) is 0. The van der Waals surface area contributed by atoms with Gasteiger partial charge in [0.15, 0.2) is 11.6 Å². The molecule has 0 bridgehead atoms. The standard InChI is InChI=1S/C20H21FN2O3/c21-17-4-1-2-5-18(17)26-13-3-12-22-19(24)14-8-10-16(11-9-14)23-20(25)15-6-7-15/h1-2,4-5,8-11,15H,3,6-7,12-13H2,(H,22,24)(H,23,25). The summed E-state index contributed by atoms with van der Waals surface area (Å²) >= 11 is 0. The van der Waals surface area contributed by atoms with Gasteiger partial charge in [0.25, 0.3) is 5.91 Å². The van der Waals surface area contributed by atoms with E-state index in [1.807, 2.05) is 0 Å². The molecule has 2 amide bonds. The molecule has 1 aliphatic rings. The maximum atomic E-state index is 13.4. The van der Waals surface area contributed by atoms with Crippen LogP contribution in [0.3, 0.4) is 0 Å². The summed E-state index contributed by atoms with van der Waals surface area (Å²) in [4.78, 5) is 23.8.